The highest BCUT2D eigenvalue weighted by Gasteiger charge is 2.11. The number of alkyl halides is 1. The van der Waals surface area contributed by atoms with Crippen molar-refractivity contribution in [3.05, 3.63) is 46.5 Å². The summed E-state index contributed by atoms with van der Waals surface area (Å²) < 4.78 is 8.24. The molecule has 0 saturated carbocycles. The Kier molecular flexibility index (Phi) is 4.03. The largest absolute Gasteiger partial charge is 0.419 e. The zero-order chi connectivity index (χ0) is 14.8. The molecule has 0 radical (unpaired) electrons. The van der Waals surface area contributed by atoms with Gasteiger partial charge in [-0.25, -0.2) is 4.68 Å². The topological polar surface area (TPSA) is 69.6 Å². The van der Waals surface area contributed by atoms with Gasteiger partial charge in [-0.15, -0.1) is 26.9 Å². The Labute approximate surface area is 134 Å². The van der Waals surface area contributed by atoms with E-state index in [1.165, 1.54) is 0 Å². The van der Waals surface area contributed by atoms with Crippen LogP contribution in [0.4, 0.5) is 0 Å². The van der Waals surface area contributed by atoms with Crippen LogP contribution >= 0.6 is 27.5 Å². The molecule has 0 aliphatic carbocycles. The van der Waals surface area contributed by atoms with E-state index < -0.39 is 0 Å². The van der Waals surface area contributed by atoms with Crippen LogP contribution in [0, 0.1) is 0 Å². The SMILES string of the molecule is CC(Cl)c1cn(Cc2nnc(-c3ccc(Br)cc3)o2)nn1. The van der Waals surface area contributed by atoms with E-state index in [0.717, 1.165) is 10.0 Å². The zero-order valence-corrected chi connectivity index (χ0v) is 13.4. The van der Waals surface area contributed by atoms with Gasteiger partial charge in [0.25, 0.3) is 0 Å². The minimum absolute atomic E-state index is 0.181. The predicted molar refractivity (Wildman–Crippen MR) is 80.8 cm³/mol. The van der Waals surface area contributed by atoms with Crippen molar-refractivity contribution in [1.82, 2.24) is 25.2 Å². The van der Waals surface area contributed by atoms with Crippen molar-refractivity contribution in [2.24, 2.45) is 0 Å². The first-order valence-electron chi connectivity index (χ1n) is 6.24. The molecule has 0 bridgehead atoms. The Balaban J connectivity index is 1.76. The fraction of sp³-hybridized carbons (Fsp3) is 0.231. The van der Waals surface area contributed by atoms with Gasteiger partial charge in [-0.1, -0.05) is 21.1 Å². The number of aromatic nitrogens is 5. The molecule has 2 aromatic heterocycles. The Morgan fingerprint density at radius 3 is 2.67 bits per heavy atom. The summed E-state index contributed by atoms with van der Waals surface area (Å²) in [6.07, 6.45) is 1.77. The van der Waals surface area contributed by atoms with E-state index >= 15 is 0 Å². The minimum Gasteiger partial charge on any atom is -0.419 e. The molecule has 0 aliphatic rings. The molecule has 0 aliphatic heterocycles. The van der Waals surface area contributed by atoms with Crippen molar-refractivity contribution >= 4 is 27.5 Å². The number of halogens is 2. The molecule has 1 unspecified atom stereocenters. The van der Waals surface area contributed by atoms with Crippen LogP contribution in [-0.4, -0.2) is 25.2 Å². The molecule has 8 heteroatoms. The average molecular weight is 369 g/mol. The quantitative estimate of drug-likeness (QED) is 0.660. The normalized spacial score (nSPS) is 12.5. The molecule has 3 aromatic rings. The third-order valence-electron chi connectivity index (χ3n) is 2.82. The van der Waals surface area contributed by atoms with Gasteiger partial charge in [-0.05, 0) is 31.2 Å². The molecule has 21 heavy (non-hydrogen) atoms. The van der Waals surface area contributed by atoms with Crippen molar-refractivity contribution in [2.75, 3.05) is 0 Å². The summed E-state index contributed by atoms with van der Waals surface area (Å²) in [5.74, 6) is 0.940. The van der Waals surface area contributed by atoms with Gasteiger partial charge in [0.2, 0.25) is 11.8 Å². The highest BCUT2D eigenvalue weighted by molar-refractivity contribution is 9.10. The lowest BCUT2D eigenvalue weighted by Gasteiger charge is -1.96. The summed E-state index contributed by atoms with van der Waals surface area (Å²) >= 11 is 9.33. The first kappa shape index (κ1) is 14.2. The summed E-state index contributed by atoms with van der Waals surface area (Å²) in [4.78, 5) is 0. The highest BCUT2D eigenvalue weighted by Crippen LogP contribution is 2.21. The molecule has 1 aromatic carbocycles. The van der Waals surface area contributed by atoms with E-state index in [9.17, 15) is 0 Å². The Bertz CT molecular complexity index is 737. The van der Waals surface area contributed by atoms with Crippen molar-refractivity contribution < 1.29 is 4.42 Å². The van der Waals surface area contributed by atoms with Crippen LogP contribution in [0.25, 0.3) is 11.5 Å². The molecule has 108 valence electrons. The molecular weight excluding hydrogens is 358 g/mol. The second kappa shape index (κ2) is 5.95. The standard InChI is InChI=1S/C13H11BrClN5O/c1-8(15)11-6-20(19-16-11)7-12-17-18-13(21-12)9-2-4-10(14)5-3-9/h2-6,8H,7H2,1H3. The molecule has 6 nitrogen and oxygen atoms in total. The van der Waals surface area contributed by atoms with E-state index in [0.29, 0.717) is 24.0 Å². The molecule has 3 rings (SSSR count). The summed E-state index contributed by atoms with van der Waals surface area (Å²) in [5, 5.41) is 15.8. The molecule has 0 spiro atoms. The lowest BCUT2D eigenvalue weighted by Crippen LogP contribution is -2.00. The van der Waals surface area contributed by atoms with Crippen molar-refractivity contribution in [3.63, 3.8) is 0 Å². The van der Waals surface area contributed by atoms with Gasteiger partial charge in [-0.3, -0.25) is 0 Å². The maximum atomic E-state index is 5.95. The van der Waals surface area contributed by atoms with Crippen molar-refractivity contribution in [1.29, 1.82) is 0 Å². The van der Waals surface area contributed by atoms with Gasteiger partial charge in [0.15, 0.2) is 0 Å². The summed E-state index contributed by atoms with van der Waals surface area (Å²) in [6, 6.07) is 7.66. The van der Waals surface area contributed by atoms with Crippen molar-refractivity contribution in [3.8, 4) is 11.5 Å². The van der Waals surface area contributed by atoms with Crippen LogP contribution in [0.15, 0.2) is 39.4 Å². The van der Waals surface area contributed by atoms with E-state index in [1.54, 1.807) is 10.9 Å². The van der Waals surface area contributed by atoms with Crippen LogP contribution in [-0.2, 0) is 6.54 Å². The number of hydrogen-bond donors (Lipinski definition) is 0. The number of rotatable bonds is 4. The highest BCUT2D eigenvalue weighted by atomic mass is 79.9. The van der Waals surface area contributed by atoms with E-state index in [1.807, 2.05) is 31.2 Å². The molecule has 1 atom stereocenters. The summed E-state index contributed by atoms with van der Waals surface area (Å²) in [7, 11) is 0. The zero-order valence-electron chi connectivity index (χ0n) is 11.1. The minimum atomic E-state index is -0.181. The van der Waals surface area contributed by atoms with Gasteiger partial charge >= 0.3 is 0 Å². The number of benzene rings is 1. The molecule has 0 N–H and O–H groups in total. The lowest BCUT2D eigenvalue weighted by molar-refractivity contribution is 0.469. The second-order valence-corrected chi connectivity index (χ2v) is 6.04. The third kappa shape index (κ3) is 3.30. The molecule has 0 fully saturated rings. The van der Waals surface area contributed by atoms with Gasteiger partial charge in [-0.2, -0.15) is 0 Å². The van der Waals surface area contributed by atoms with E-state index in [-0.39, 0.29) is 5.38 Å². The number of hydrogen-bond acceptors (Lipinski definition) is 5. The Morgan fingerprint density at radius 2 is 2.00 bits per heavy atom. The average Bonchev–Trinajstić information content (AvgIpc) is 3.10. The van der Waals surface area contributed by atoms with Gasteiger partial charge in [0.05, 0.1) is 11.6 Å². The van der Waals surface area contributed by atoms with Gasteiger partial charge in [0, 0.05) is 10.0 Å². The monoisotopic (exact) mass is 367 g/mol. The maximum absolute atomic E-state index is 5.95. The van der Waals surface area contributed by atoms with Crippen molar-refractivity contribution in [2.45, 2.75) is 18.8 Å². The van der Waals surface area contributed by atoms with Crippen LogP contribution in [0.3, 0.4) is 0 Å². The molecule has 0 amide bonds. The first-order chi connectivity index (χ1) is 10.1. The maximum Gasteiger partial charge on any atom is 0.247 e. The van der Waals surface area contributed by atoms with Crippen LogP contribution < -0.4 is 0 Å². The van der Waals surface area contributed by atoms with E-state index in [4.69, 9.17) is 16.0 Å². The Morgan fingerprint density at radius 1 is 1.24 bits per heavy atom. The predicted octanol–water partition coefficient (Wildman–Crippen LogP) is 3.44. The summed E-state index contributed by atoms with van der Waals surface area (Å²) in [5.41, 5.74) is 1.58. The number of nitrogens with zero attached hydrogens (tertiary/aromatic N) is 5. The fourth-order valence-electron chi connectivity index (χ4n) is 1.74. The third-order valence-corrected chi connectivity index (χ3v) is 3.57. The fourth-order valence-corrected chi connectivity index (χ4v) is 2.10. The second-order valence-electron chi connectivity index (χ2n) is 4.46. The van der Waals surface area contributed by atoms with Crippen LogP contribution in [0.2, 0.25) is 0 Å². The molecule has 2 heterocycles. The van der Waals surface area contributed by atoms with Gasteiger partial charge < -0.3 is 4.42 Å². The van der Waals surface area contributed by atoms with Crippen LogP contribution in [0.5, 0.6) is 0 Å². The van der Waals surface area contributed by atoms with Crippen LogP contribution in [0.1, 0.15) is 23.9 Å². The van der Waals surface area contributed by atoms with E-state index in [2.05, 4.69) is 36.4 Å². The van der Waals surface area contributed by atoms with Gasteiger partial charge in [0.1, 0.15) is 12.2 Å². The molecule has 0 saturated heterocycles. The lowest BCUT2D eigenvalue weighted by atomic mass is 10.2. The smallest absolute Gasteiger partial charge is 0.247 e. The Hall–Kier alpha value is -1.73. The first-order valence-corrected chi connectivity index (χ1v) is 7.47. The summed E-state index contributed by atoms with van der Waals surface area (Å²) in [6.45, 7) is 2.20. The molecular formula is C13H11BrClN5O.